The van der Waals surface area contributed by atoms with Crippen molar-refractivity contribution in [2.45, 2.75) is 4.90 Å². The van der Waals surface area contributed by atoms with Crippen molar-refractivity contribution >= 4 is 27.3 Å². The van der Waals surface area contributed by atoms with E-state index in [2.05, 4.69) is 10.0 Å². The molecule has 0 aliphatic carbocycles. The third-order valence-electron chi connectivity index (χ3n) is 4.87. The Labute approximate surface area is 183 Å². The number of para-hydroxylation sites is 1. The van der Waals surface area contributed by atoms with Gasteiger partial charge in [-0.05, 0) is 36.4 Å². The molecule has 2 aliphatic rings. The largest absolute Gasteiger partial charge is 0.486 e. The van der Waals surface area contributed by atoms with Gasteiger partial charge in [0.15, 0.2) is 23.0 Å². The minimum atomic E-state index is -3.99. The molecule has 0 unspecified atom stereocenters. The molecule has 9 nitrogen and oxygen atoms in total. The summed E-state index contributed by atoms with van der Waals surface area (Å²) < 4.78 is 49.9. The predicted octanol–water partition coefficient (Wildman–Crippen LogP) is 3.24. The number of fused-ring (bicyclic) bond motifs is 2. The third kappa shape index (κ3) is 3.87. The van der Waals surface area contributed by atoms with E-state index in [9.17, 15) is 13.2 Å². The highest BCUT2D eigenvalue weighted by Gasteiger charge is 2.22. The summed E-state index contributed by atoms with van der Waals surface area (Å²) in [5.41, 5.74) is 0.788. The van der Waals surface area contributed by atoms with Gasteiger partial charge in [0.25, 0.3) is 15.9 Å². The Kier molecular flexibility index (Phi) is 4.98. The summed E-state index contributed by atoms with van der Waals surface area (Å²) in [5.74, 6) is 1.47. The highest BCUT2D eigenvalue weighted by molar-refractivity contribution is 7.92. The molecule has 10 heteroatoms. The van der Waals surface area contributed by atoms with Gasteiger partial charge in [0, 0.05) is 17.8 Å². The van der Waals surface area contributed by atoms with Gasteiger partial charge in [-0.25, -0.2) is 8.42 Å². The molecule has 5 rings (SSSR count). The molecule has 0 radical (unpaired) electrons. The lowest BCUT2D eigenvalue weighted by atomic mass is 10.1. The summed E-state index contributed by atoms with van der Waals surface area (Å²) in [4.78, 5) is 12.9. The van der Waals surface area contributed by atoms with Crippen molar-refractivity contribution in [1.82, 2.24) is 0 Å². The van der Waals surface area contributed by atoms with Crippen LogP contribution in [0.2, 0.25) is 0 Å². The van der Waals surface area contributed by atoms with Crippen LogP contribution in [0.1, 0.15) is 10.4 Å². The molecule has 2 N–H and O–H groups in total. The van der Waals surface area contributed by atoms with E-state index in [1.165, 1.54) is 24.3 Å². The van der Waals surface area contributed by atoms with Gasteiger partial charge in [-0.3, -0.25) is 9.52 Å². The van der Waals surface area contributed by atoms with Crippen LogP contribution in [0.5, 0.6) is 23.0 Å². The first kappa shape index (κ1) is 20.0. The number of benzene rings is 3. The lowest BCUT2D eigenvalue weighted by Crippen LogP contribution is -2.19. The molecule has 0 fully saturated rings. The SMILES string of the molecule is O=C(Nc1ccc2c(c1)OCO2)c1ccccc1NS(=O)(=O)c1ccc2c(c1)OCCO2. The number of carbonyl (C=O) groups is 1. The van der Waals surface area contributed by atoms with Crippen molar-refractivity contribution < 1.29 is 32.2 Å². The predicted molar refractivity (Wildman–Crippen MR) is 115 cm³/mol. The summed E-state index contributed by atoms with van der Waals surface area (Å²) in [6.07, 6.45) is 0. The number of ether oxygens (including phenoxy) is 4. The van der Waals surface area contributed by atoms with Crippen LogP contribution < -0.4 is 29.0 Å². The molecule has 0 saturated carbocycles. The second-order valence-corrected chi connectivity index (χ2v) is 8.66. The average molecular weight is 454 g/mol. The lowest BCUT2D eigenvalue weighted by Gasteiger charge is -2.19. The maximum Gasteiger partial charge on any atom is 0.262 e. The van der Waals surface area contributed by atoms with Gasteiger partial charge in [0.2, 0.25) is 6.79 Å². The summed E-state index contributed by atoms with van der Waals surface area (Å²) >= 11 is 0. The fourth-order valence-electron chi connectivity index (χ4n) is 3.34. The topological polar surface area (TPSA) is 112 Å². The molecule has 2 heterocycles. The van der Waals surface area contributed by atoms with Crippen LogP contribution in [0.25, 0.3) is 0 Å². The second kappa shape index (κ2) is 7.97. The zero-order chi connectivity index (χ0) is 22.1. The number of amides is 1. The molecular formula is C22H18N2O7S. The number of nitrogens with one attached hydrogen (secondary N) is 2. The zero-order valence-electron chi connectivity index (χ0n) is 16.7. The quantitative estimate of drug-likeness (QED) is 0.609. The van der Waals surface area contributed by atoms with E-state index in [4.69, 9.17) is 18.9 Å². The fraction of sp³-hybridized carbons (Fsp3) is 0.136. The van der Waals surface area contributed by atoms with Crippen molar-refractivity contribution in [2.24, 2.45) is 0 Å². The number of sulfonamides is 1. The van der Waals surface area contributed by atoms with Gasteiger partial charge in [0.05, 0.1) is 16.1 Å². The van der Waals surface area contributed by atoms with Crippen molar-refractivity contribution in [3.8, 4) is 23.0 Å². The Morgan fingerprint density at radius 3 is 2.34 bits per heavy atom. The Balaban J connectivity index is 1.39. The van der Waals surface area contributed by atoms with Crippen LogP contribution >= 0.6 is 0 Å². The molecule has 3 aromatic carbocycles. The smallest absolute Gasteiger partial charge is 0.262 e. The van der Waals surface area contributed by atoms with Crippen LogP contribution in [-0.2, 0) is 10.0 Å². The molecule has 0 atom stereocenters. The van der Waals surface area contributed by atoms with E-state index in [0.29, 0.717) is 41.9 Å². The zero-order valence-corrected chi connectivity index (χ0v) is 17.5. The van der Waals surface area contributed by atoms with E-state index in [-0.39, 0.29) is 22.9 Å². The van der Waals surface area contributed by atoms with Crippen LogP contribution in [0, 0.1) is 0 Å². The summed E-state index contributed by atoms with van der Waals surface area (Å²) in [6, 6.07) is 15.7. The second-order valence-electron chi connectivity index (χ2n) is 6.98. The number of hydrogen-bond acceptors (Lipinski definition) is 7. The first-order valence-corrected chi connectivity index (χ1v) is 11.2. The third-order valence-corrected chi connectivity index (χ3v) is 6.23. The molecule has 2 aliphatic heterocycles. The van der Waals surface area contributed by atoms with Gasteiger partial charge in [-0.2, -0.15) is 0 Å². The van der Waals surface area contributed by atoms with Gasteiger partial charge in [-0.1, -0.05) is 12.1 Å². The highest BCUT2D eigenvalue weighted by Crippen LogP contribution is 2.35. The molecular weight excluding hydrogens is 436 g/mol. The molecule has 0 bridgehead atoms. The van der Waals surface area contributed by atoms with Crippen molar-refractivity contribution in [1.29, 1.82) is 0 Å². The molecule has 0 saturated heterocycles. The van der Waals surface area contributed by atoms with Crippen LogP contribution in [0.4, 0.5) is 11.4 Å². The van der Waals surface area contributed by atoms with Crippen LogP contribution in [0.15, 0.2) is 65.6 Å². The first-order chi connectivity index (χ1) is 15.5. The molecule has 32 heavy (non-hydrogen) atoms. The Morgan fingerprint density at radius 2 is 1.47 bits per heavy atom. The Morgan fingerprint density at radius 1 is 0.781 bits per heavy atom. The summed E-state index contributed by atoms with van der Waals surface area (Å²) in [6.45, 7) is 0.868. The number of anilines is 2. The van der Waals surface area contributed by atoms with E-state index in [1.54, 1.807) is 36.4 Å². The molecule has 1 amide bonds. The Bertz CT molecular complexity index is 1310. The van der Waals surface area contributed by atoms with E-state index in [0.717, 1.165) is 0 Å². The maximum atomic E-state index is 13.0. The van der Waals surface area contributed by atoms with Crippen LogP contribution in [-0.4, -0.2) is 34.3 Å². The number of carbonyl (C=O) groups excluding carboxylic acids is 1. The highest BCUT2D eigenvalue weighted by atomic mass is 32.2. The van der Waals surface area contributed by atoms with Gasteiger partial charge >= 0.3 is 0 Å². The van der Waals surface area contributed by atoms with Crippen LogP contribution in [0.3, 0.4) is 0 Å². The Hall–Kier alpha value is -3.92. The van der Waals surface area contributed by atoms with Gasteiger partial charge in [0.1, 0.15) is 13.2 Å². The molecule has 164 valence electrons. The minimum absolute atomic E-state index is 0.00673. The fourth-order valence-corrected chi connectivity index (χ4v) is 4.43. The summed E-state index contributed by atoms with van der Waals surface area (Å²) in [5, 5.41) is 2.75. The van der Waals surface area contributed by atoms with Crippen molar-refractivity contribution in [2.75, 3.05) is 30.0 Å². The maximum absolute atomic E-state index is 13.0. The normalized spacial score (nSPS) is 14.0. The molecule has 0 spiro atoms. The summed E-state index contributed by atoms with van der Waals surface area (Å²) in [7, 11) is -3.99. The van der Waals surface area contributed by atoms with Gasteiger partial charge < -0.3 is 24.3 Å². The first-order valence-electron chi connectivity index (χ1n) is 9.72. The van der Waals surface area contributed by atoms with E-state index in [1.807, 2.05) is 0 Å². The molecule has 3 aromatic rings. The van der Waals surface area contributed by atoms with E-state index >= 15 is 0 Å². The number of hydrogen-bond donors (Lipinski definition) is 2. The number of rotatable bonds is 5. The van der Waals surface area contributed by atoms with Gasteiger partial charge in [-0.15, -0.1) is 0 Å². The lowest BCUT2D eigenvalue weighted by molar-refractivity contribution is 0.102. The minimum Gasteiger partial charge on any atom is -0.486 e. The van der Waals surface area contributed by atoms with Crippen molar-refractivity contribution in [3.05, 3.63) is 66.2 Å². The van der Waals surface area contributed by atoms with Crippen molar-refractivity contribution in [3.63, 3.8) is 0 Å². The molecule has 0 aromatic heterocycles. The van der Waals surface area contributed by atoms with E-state index < -0.39 is 15.9 Å². The average Bonchev–Trinajstić information content (AvgIpc) is 3.27. The standard InChI is InChI=1S/C22H18N2O7S/c25-22(23-14-5-7-19-20(11-14)31-13-30-19)16-3-1-2-4-17(16)24-32(26,27)15-6-8-18-21(12-15)29-10-9-28-18/h1-8,11-12,24H,9-10,13H2,(H,23,25). The monoisotopic (exact) mass is 454 g/mol.